The van der Waals surface area contributed by atoms with Crippen molar-refractivity contribution in [2.75, 3.05) is 0 Å². The van der Waals surface area contributed by atoms with Gasteiger partial charge in [-0.2, -0.15) is 0 Å². The molecule has 0 aromatic carbocycles. The van der Waals surface area contributed by atoms with Crippen molar-refractivity contribution >= 4 is 11.5 Å². The molecule has 0 saturated heterocycles. The molecule has 0 atom stereocenters. The van der Waals surface area contributed by atoms with E-state index in [1.165, 1.54) is 6.20 Å². The number of carbonyl (C=O) groups is 1. The van der Waals surface area contributed by atoms with E-state index in [4.69, 9.17) is 5.11 Å². The molecule has 1 heterocycles. The fourth-order valence-electron chi connectivity index (χ4n) is 0.790. The number of carboxylic acid groups (broad SMARTS) is 1. The average Bonchev–Trinajstić information content (AvgIpc) is 2.04. The van der Waals surface area contributed by atoms with E-state index in [1.807, 2.05) is 6.92 Å². The summed E-state index contributed by atoms with van der Waals surface area (Å²) in [4.78, 5) is 14.3. The number of rotatable bonds is 2. The van der Waals surface area contributed by atoms with E-state index in [0.717, 1.165) is 11.1 Å². The van der Waals surface area contributed by atoms with Crippen LogP contribution >= 0.6 is 0 Å². The van der Waals surface area contributed by atoms with Crippen LogP contribution in [0.1, 0.15) is 22.8 Å². The zero-order valence-electron chi connectivity index (χ0n) is 6.74. The van der Waals surface area contributed by atoms with Crippen LogP contribution in [0.2, 0.25) is 0 Å². The molecule has 12 heavy (non-hydrogen) atoms. The molecule has 0 fully saturated rings. The molecule has 0 bridgehead atoms. The van der Waals surface area contributed by atoms with E-state index in [0.29, 0.717) is 0 Å². The molecule has 0 amide bonds. The van der Waals surface area contributed by atoms with Gasteiger partial charge in [0.25, 0.3) is 0 Å². The number of pyridine rings is 1. The second kappa shape index (κ2) is 3.17. The van der Waals surface area contributed by atoms with Crippen molar-refractivity contribution in [3.8, 4) is 0 Å². The third kappa shape index (κ3) is 1.69. The van der Waals surface area contributed by atoms with Crippen LogP contribution in [0, 0.1) is 0 Å². The lowest BCUT2D eigenvalue weighted by Crippen LogP contribution is -1.97. The van der Waals surface area contributed by atoms with E-state index >= 15 is 0 Å². The summed E-state index contributed by atoms with van der Waals surface area (Å²) < 4.78 is 0. The maximum atomic E-state index is 10.5. The monoisotopic (exact) mass is 163 g/mol. The number of nitrogens with zero attached hydrogens (tertiary/aromatic N) is 1. The van der Waals surface area contributed by atoms with E-state index < -0.39 is 5.97 Å². The smallest absolute Gasteiger partial charge is 0.337 e. The number of aromatic carboxylic acids is 1. The van der Waals surface area contributed by atoms with Crippen LogP contribution in [-0.2, 0) is 0 Å². The van der Waals surface area contributed by atoms with Crippen molar-refractivity contribution in [2.24, 2.45) is 0 Å². The van der Waals surface area contributed by atoms with Gasteiger partial charge in [-0.3, -0.25) is 4.98 Å². The second-order valence-corrected chi connectivity index (χ2v) is 2.55. The first-order valence-corrected chi connectivity index (χ1v) is 3.45. The molecular weight excluding hydrogens is 154 g/mol. The summed E-state index contributed by atoms with van der Waals surface area (Å²) in [5.41, 5.74) is 1.76. The Kier molecular flexibility index (Phi) is 2.24. The SMILES string of the molecule is C=C(C)c1cncc(C(=O)O)c1. The van der Waals surface area contributed by atoms with E-state index in [9.17, 15) is 4.79 Å². The Morgan fingerprint density at radius 2 is 2.08 bits per heavy atom. The highest BCUT2D eigenvalue weighted by molar-refractivity contribution is 5.88. The molecule has 0 aliphatic heterocycles. The quantitative estimate of drug-likeness (QED) is 0.723. The molecule has 3 nitrogen and oxygen atoms in total. The Balaban J connectivity index is 3.12. The van der Waals surface area contributed by atoms with Crippen molar-refractivity contribution in [3.63, 3.8) is 0 Å². The van der Waals surface area contributed by atoms with E-state index in [1.54, 1.807) is 12.3 Å². The first-order valence-electron chi connectivity index (χ1n) is 3.45. The highest BCUT2D eigenvalue weighted by Crippen LogP contribution is 2.11. The lowest BCUT2D eigenvalue weighted by Gasteiger charge is -1.99. The van der Waals surface area contributed by atoms with Gasteiger partial charge in [-0.05, 0) is 24.1 Å². The normalized spacial score (nSPS) is 9.42. The van der Waals surface area contributed by atoms with Crippen LogP contribution in [-0.4, -0.2) is 16.1 Å². The predicted octanol–water partition coefficient (Wildman–Crippen LogP) is 1.81. The second-order valence-electron chi connectivity index (χ2n) is 2.55. The molecule has 3 heteroatoms. The minimum absolute atomic E-state index is 0.190. The molecular formula is C9H9NO2. The molecule has 62 valence electrons. The van der Waals surface area contributed by atoms with Crippen molar-refractivity contribution < 1.29 is 9.90 Å². The molecule has 1 aromatic rings. The first kappa shape index (κ1) is 8.46. The van der Waals surface area contributed by atoms with Gasteiger partial charge in [-0.1, -0.05) is 6.58 Å². The van der Waals surface area contributed by atoms with Gasteiger partial charge in [0.15, 0.2) is 0 Å². The van der Waals surface area contributed by atoms with E-state index in [2.05, 4.69) is 11.6 Å². The van der Waals surface area contributed by atoms with Gasteiger partial charge >= 0.3 is 5.97 Å². The number of hydrogen-bond acceptors (Lipinski definition) is 2. The van der Waals surface area contributed by atoms with Gasteiger partial charge in [0.1, 0.15) is 0 Å². The number of aromatic nitrogens is 1. The summed E-state index contributed by atoms with van der Waals surface area (Å²) >= 11 is 0. The molecule has 1 N–H and O–H groups in total. The predicted molar refractivity (Wildman–Crippen MR) is 45.9 cm³/mol. The Morgan fingerprint density at radius 3 is 2.58 bits per heavy atom. The summed E-state index contributed by atoms with van der Waals surface area (Å²) in [6, 6.07) is 1.55. The summed E-state index contributed by atoms with van der Waals surface area (Å²) in [5, 5.41) is 8.62. The van der Waals surface area contributed by atoms with Crippen molar-refractivity contribution in [1.29, 1.82) is 0 Å². The van der Waals surface area contributed by atoms with Crippen LogP contribution in [0.5, 0.6) is 0 Å². The Bertz CT molecular complexity index is 302. The number of carboxylic acids is 1. The number of allylic oxidation sites excluding steroid dienone is 1. The molecule has 1 rings (SSSR count). The lowest BCUT2D eigenvalue weighted by atomic mass is 10.1. The summed E-state index contributed by atoms with van der Waals surface area (Å²) in [6.45, 7) is 5.50. The van der Waals surface area contributed by atoms with Gasteiger partial charge in [0, 0.05) is 12.4 Å². The topological polar surface area (TPSA) is 50.2 Å². The molecule has 0 radical (unpaired) electrons. The van der Waals surface area contributed by atoms with Gasteiger partial charge < -0.3 is 5.11 Å². The molecule has 0 saturated carbocycles. The van der Waals surface area contributed by atoms with E-state index in [-0.39, 0.29) is 5.56 Å². The molecule has 0 aliphatic carbocycles. The van der Waals surface area contributed by atoms with Crippen LogP contribution in [0.3, 0.4) is 0 Å². The minimum Gasteiger partial charge on any atom is -0.478 e. The third-order valence-corrected chi connectivity index (χ3v) is 1.48. The minimum atomic E-state index is -0.967. The molecule has 1 aromatic heterocycles. The zero-order chi connectivity index (χ0) is 9.14. The van der Waals surface area contributed by atoms with Crippen LogP contribution in [0.25, 0.3) is 5.57 Å². The number of hydrogen-bond donors (Lipinski definition) is 1. The maximum Gasteiger partial charge on any atom is 0.337 e. The summed E-state index contributed by atoms with van der Waals surface area (Å²) in [6.07, 6.45) is 2.91. The fraction of sp³-hybridized carbons (Fsp3) is 0.111. The standard InChI is InChI=1S/C9H9NO2/c1-6(2)7-3-8(9(11)12)5-10-4-7/h3-5H,1H2,2H3,(H,11,12). The average molecular weight is 163 g/mol. The maximum absolute atomic E-state index is 10.5. The van der Waals surface area contributed by atoms with Crippen LogP contribution in [0.4, 0.5) is 0 Å². The molecule has 0 spiro atoms. The molecule has 0 aliphatic rings. The largest absolute Gasteiger partial charge is 0.478 e. The van der Waals surface area contributed by atoms with Crippen LogP contribution < -0.4 is 0 Å². The Morgan fingerprint density at radius 1 is 1.50 bits per heavy atom. The highest BCUT2D eigenvalue weighted by Gasteiger charge is 2.03. The van der Waals surface area contributed by atoms with Crippen molar-refractivity contribution in [2.45, 2.75) is 6.92 Å². The third-order valence-electron chi connectivity index (χ3n) is 1.48. The fourth-order valence-corrected chi connectivity index (χ4v) is 0.790. The Hall–Kier alpha value is -1.64. The van der Waals surface area contributed by atoms with Gasteiger partial charge in [-0.15, -0.1) is 0 Å². The summed E-state index contributed by atoms with van der Waals surface area (Å²) in [5.74, 6) is -0.967. The molecule has 0 unspecified atom stereocenters. The van der Waals surface area contributed by atoms with Gasteiger partial charge in [-0.25, -0.2) is 4.79 Å². The lowest BCUT2D eigenvalue weighted by molar-refractivity contribution is 0.0696. The Labute approximate surface area is 70.4 Å². The zero-order valence-corrected chi connectivity index (χ0v) is 6.74. The van der Waals surface area contributed by atoms with Crippen LogP contribution in [0.15, 0.2) is 25.0 Å². The van der Waals surface area contributed by atoms with Crippen molar-refractivity contribution in [1.82, 2.24) is 4.98 Å². The highest BCUT2D eigenvalue weighted by atomic mass is 16.4. The van der Waals surface area contributed by atoms with Gasteiger partial charge in [0.2, 0.25) is 0 Å². The van der Waals surface area contributed by atoms with Gasteiger partial charge in [0.05, 0.1) is 5.56 Å². The first-order chi connectivity index (χ1) is 5.61. The van der Waals surface area contributed by atoms with Crippen molar-refractivity contribution in [3.05, 3.63) is 36.2 Å². The summed E-state index contributed by atoms with van der Waals surface area (Å²) in [7, 11) is 0.